The monoisotopic (exact) mass is 394 g/mol. The van der Waals surface area contributed by atoms with Crippen molar-refractivity contribution >= 4 is 5.97 Å². The highest BCUT2D eigenvalue weighted by Gasteiger charge is 2.39. The molecule has 29 heavy (non-hydrogen) atoms. The van der Waals surface area contributed by atoms with Gasteiger partial charge in [-0.05, 0) is 60.1 Å². The quantitative estimate of drug-likeness (QED) is 0.631. The highest BCUT2D eigenvalue weighted by molar-refractivity contribution is 5.85. The van der Waals surface area contributed by atoms with E-state index < -0.39 is 12.3 Å². The summed E-state index contributed by atoms with van der Waals surface area (Å²) < 4.78 is 11.5. The van der Waals surface area contributed by atoms with Gasteiger partial charge in [-0.1, -0.05) is 42.5 Å². The van der Waals surface area contributed by atoms with Gasteiger partial charge in [-0.15, -0.1) is 0 Å². The number of allylic oxidation sites excluding steroid dienone is 1. The second-order valence-electron chi connectivity index (χ2n) is 7.54. The van der Waals surface area contributed by atoms with Crippen LogP contribution in [0.1, 0.15) is 42.4 Å². The minimum absolute atomic E-state index is 0.0678. The van der Waals surface area contributed by atoms with Gasteiger partial charge in [0.1, 0.15) is 0 Å². The molecule has 2 aliphatic rings. The predicted molar refractivity (Wildman–Crippen MR) is 109 cm³/mol. The summed E-state index contributed by atoms with van der Waals surface area (Å²) >= 11 is 0. The lowest BCUT2D eigenvalue weighted by Gasteiger charge is -2.37. The van der Waals surface area contributed by atoms with Crippen LogP contribution in [0.25, 0.3) is 11.1 Å². The fourth-order valence-electron chi connectivity index (χ4n) is 4.61. The molecule has 1 heterocycles. The Morgan fingerprint density at radius 2 is 1.97 bits per heavy atom. The van der Waals surface area contributed by atoms with Gasteiger partial charge in [0, 0.05) is 25.0 Å². The molecule has 0 radical (unpaired) electrons. The SMILES string of the molecule is CCO[C@@H]1OC(C(=O)O)=C[C@H](c2cccc3c2Cc2ccccc2-3)[C@H]1CCCO. The number of hydrogen-bond donors (Lipinski definition) is 2. The molecule has 4 rings (SSSR count). The summed E-state index contributed by atoms with van der Waals surface area (Å²) in [5.74, 6) is -1.37. The average Bonchev–Trinajstić information content (AvgIpc) is 3.11. The molecule has 5 nitrogen and oxygen atoms in total. The zero-order chi connectivity index (χ0) is 20.4. The highest BCUT2D eigenvalue weighted by atomic mass is 16.7. The van der Waals surface area contributed by atoms with E-state index in [2.05, 4.69) is 30.3 Å². The summed E-state index contributed by atoms with van der Waals surface area (Å²) in [5, 5.41) is 19.0. The van der Waals surface area contributed by atoms with E-state index >= 15 is 0 Å². The van der Waals surface area contributed by atoms with Crippen LogP contribution in [0.15, 0.2) is 54.3 Å². The Labute approximate surface area is 170 Å². The third kappa shape index (κ3) is 3.68. The van der Waals surface area contributed by atoms with Crippen LogP contribution in [0, 0.1) is 5.92 Å². The Hall–Kier alpha value is -2.63. The third-order valence-corrected chi connectivity index (χ3v) is 5.87. The molecule has 0 spiro atoms. The molecular weight excluding hydrogens is 368 g/mol. The van der Waals surface area contributed by atoms with Gasteiger partial charge in [0.25, 0.3) is 0 Å². The molecule has 0 saturated carbocycles. The number of aliphatic hydroxyl groups excluding tert-OH is 1. The van der Waals surface area contributed by atoms with Crippen molar-refractivity contribution < 1.29 is 24.5 Å². The van der Waals surface area contributed by atoms with Crippen molar-refractivity contribution in [2.75, 3.05) is 13.2 Å². The lowest BCUT2D eigenvalue weighted by Crippen LogP contribution is -2.36. The van der Waals surface area contributed by atoms with E-state index in [-0.39, 0.29) is 24.2 Å². The molecule has 0 bridgehead atoms. The molecule has 0 saturated heterocycles. The molecule has 2 aromatic carbocycles. The van der Waals surface area contributed by atoms with E-state index in [0.717, 1.165) is 12.0 Å². The van der Waals surface area contributed by atoms with Crippen molar-refractivity contribution in [3.63, 3.8) is 0 Å². The number of benzene rings is 2. The van der Waals surface area contributed by atoms with Gasteiger partial charge >= 0.3 is 5.97 Å². The fraction of sp³-hybridized carbons (Fsp3) is 0.375. The summed E-state index contributed by atoms with van der Waals surface area (Å²) in [6.45, 7) is 2.38. The number of hydrogen-bond acceptors (Lipinski definition) is 4. The Kier molecular flexibility index (Phi) is 5.69. The first-order chi connectivity index (χ1) is 14.1. The van der Waals surface area contributed by atoms with Crippen molar-refractivity contribution in [3.8, 4) is 11.1 Å². The summed E-state index contributed by atoms with van der Waals surface area (Å²) in [5.41, 5.74) is 6.10. The number of carboxylic acids is 1. The average molecular weight is 394 g/mol. The first-order valence-electron chi connectivity index (χ1n) is 10.2. The lowest BCUT2D eigenvalue weighted by atomic mass is 9.78. The van der Waals surface area contributed by atoms with Crippen LogP contribution in [0.3, 0.4) is 0 Å². The molecule has 0 unspecified atom stereocenters. The van der Waals surface area contributed by atoms with Crippen LogP contribution in [0.2, 0.25) is 0 Å². The van der Waals surface area contributed by atoms with E-state index in [9.17, 15) is 15.0 Å². The van der Waals surface area contributed by atoms with Gasteiger partial charge in [-0.2, -0.15) is 0 Å². The summed E-state index contributed by atoms with van der Waals surface area (Å²) in [6, 6.07) is 14.6. The fourth-order valence-corrected chi connectivity index (χ4v) is 4.61. The number of ether oxygens (including phenoxy) is 2. The van der Waals surface area contributed by atoms with E-state index in [1.165, 1.54) is 22.3 Å². The molecule has 2 N–H and O–H groups in total. The highest BCUT2D eigenvalue weighted by Crippen LogP contribution is 2.45. The Morgan fingerprint density at radius 1 is 1.17 bits per heavy atom. The van der Waals surface area contributed by atoms with E-state index in [1.807, 2.05) is 19.1 Å². The molecule has 5 heteroatoms. The minimum Gasteiger partial charge on any atom is -0.475 e. The smallest absolute Gasteiger partial charge is 0.370 e. The molecule has 152 valence electrons. The Bertz CT molecular complexity index is 933. The number of rotatable bonds is 7. The van der Waals surface area contributed by atoms with Crippen molar-refractivity contribution in [3.05, 3.63) is 71.0 Å². The summed E-state index contributed by atoms with van der Waals surface area (Å²) in [7, 11) is 0. The van der Waals surface area contributed by atoms with Gasteiger partial charge in [-0.25, -0.2) is 4.79 Å². The predicted octanol–water partition coefficient (Wildman–Crippen LogP) is 4.09. The summed E-state index contributed by atoms with van der Waals surface area (Å²) in [6.07, 6.45) is 3.21. The number of aliphatic carboxylic acids is 1. The van der Waals surface area contributed by atoms with E-state index in [4.69, 9.17) is 9.47 Å². The zero-order valence-corrected chi connectivity index (χ0v) is 16.5. The first-order valence-corrected chi connectivity index (χ1v) is 10.2. The molecule has 1 aliphatic heterocycles. The number of carbonyl (C=O) groups is 1. The first kappa shape index (κ1) is 19.7. The minimum atomic E-state index is -1.09. The molecular formula is C24H26O5. The molecule has 3 atom stereocenters. The van der Waals surface area contributed by atoms with Gasteiger partial charge in [0.2, 0.25) is 12.0 Å². The lowest BCUT2D eigenvalue weighted by molar-refractivity contribution is -0.173. The van der Waals surface area contributed by atoms with Crippen LogP contribution >= 0.6 is 0 Å². The maximum Gasteiger partial charge on any atom is 0.370 e. The van der Waals surface area contributed by atoms with Gasteiger partial charge in [0.05, 0.1) is 0 Å². The zero-order valence-electron chi connectivity index (χ0n) is 16.5. The third-order valence-electron chi connectivity index (χ3n) is 5.87. The van der Waals surface area contributed by atoms with Gasteiger partial charge < -0.3 is 19.7 Å². The number of carboxylic acid groups (broad SMARTS) is 1. The van der Waals surface area contributed by atoms with Crippen LogP contribution in [0.4, 0.5) is 0 Å². The van der Waals surface area contributed by atoms with Crippen molar-refractivity contribution in [2.24, 2.45) is 5.92 Å². The topological polar surface area (TPSA) is 76.0 Å². The van der Waals surface area contributed by atoms with Gasteiger partial charge in [-0.3, -0.25) is 0 Å². The van der Waals surface area contributed by atoms with Crippen LogP contribution in [-0.2, 0) is 20.7 Å². The second kappa shape index (κ2) is 8.39. The van der Waals surface area contributed by atoms with Crippen molar-refractivity contribution in [1.29, 1.82) is 0 Å². The summed E-state index contributed by atoms with van der Waals surface area (Å²) in [4.78, 5) is 11.7. The maximum absolute atomic E-state index is 11.7. The molecule has 1 aliphatic carbocycles. The van der Waals surface area contributed by atoms with E-state index in [1.54, 1.807) is 6.08 Å². The van der Waals surface area contributed by atoms with Gasteiger partial charge in [0.15, 0.2) is 0 Å². The molecule has 0 amide bonds. The molecule has 2 aromatic rings. The van der Waals surface area contributed by atoms with Crippen molar-refractivity contribution in [2.45, 2.75) is 38.4 Å². The Balaban J connectivity index is 1.80. The largest absolute Gasteiger partial charge is 0.475 e. The molecule has 0 aromatic heterocycles. The normalized spacial score (nSPS) is 22.4. The maximum atomic E-state index is 11.7. The molecule has 0 fully saturated rings. The van der Waals surface area contributed by atoms with Crippen molar-refractivity contribution in [1.82, 2.24) is 0 Å². The van der Waals surface area contributed by atoms with E-state index in [0.29, 0.717) is 19.4 Å². The standard InChI is InChI=1S/C24H26O5/c1-2-28-24-19(11-6-12-25)21(14-22(29-24)23(26)27)18-10-5-9-17-16-8-4-3-7-15(16)13-20(17)18/h3-5,7-10,14,19,21,24-25H,2,6,11-13H2,1H3,(H,26,27)/t19-,21-,24-/m1/s1. The van der Waals surface area contributed by atoms with Crippen LogP contribution in [0.5, 0.6) is 0 Å². The second-order valence-corrected chi connectivity index (χ2v) is 7.54. The number of fused-ring (bicyclic) bond motifs is 3. The Morgan fingerprint density at radius 3 is 2.72 bits per heavy atom. The van der Waals surface area contributed by atoms with Crippen LogP contribution in [-0.4, -0.2) is 35.7 Å². The number of aliphatic hydroxyl groups is 1. The van der Waals surface area contributed by atoms with Crippen LogP contribution < -0.4 is 0 Å².